The van der Waals surface area contributed by atoms with Crippen molar-refractivity contribution in [3.05, 3.63) is 52.1 Å². The topological polar surface area (TPSA) is 72.7 Å². The number of amides is 1. The van der Waals surface area contributed by atoms with Crippen molar-refractivity contribution in [3.8, 4) is 0 Å². The van der Waals surface area contributed by atoms with Crippen molar-refractivity contribution in [2.45, 2.75) is 25.0 Å². The number of non-ortho nitro benzene ring substituents is 1. The molecular formula is C13H12N2O4. The Morgan fingerprint density at radius 1 is 1.26 bits per heavy atom. The van der Waals surface area contributed by atoms with Gasteiger partial charge < -0.3 is 0 Å². The third kappa shape index (κ3) is 2.10. The zero-order valence-corrected chi connectivity index (χ0v) is 10.1. The average Bonchev–Trinajstić information content (AvgIpc) is 2.47. The molecule has 0 unspecified atom stereocenters. The van der Waals surface area contributed by atoms with Crippen LogP contribution >= 0.6 is 0 Å². The van der Waals surface area contributed by atoms with Crippen LogP contribution in [-0.4, -0.2) is 28.0 Å². The van der Waals surface area contributed by atoms with Crippen molar-refractivity contribution in [2.75, 3.05) is 0 Å². The molecule has 6 heteroatoms. The highest BCUT2D eigenvalue weighted by Gasteiger charge is 2.34. The first-order valence-electron chi connectivity index (χ1n) is 6.08. The molecule has 0 saturated carbocycles. The van der Waals surface area contributed by atoms with Crippen LogP contribution in [0.4, 0.5) is 5.69 Å². The minimum Gasteiger partial charge on any atom is -0.267 e. The summed E-state index contributed by atoms with van der Waals surface area (Å²) in [6.07, 6.45) is 5.71. The lowest BCUT2D eigenvalue weighted by atomic mass is 9.98. The van der Waals surface area contributed by atoms with E-state index in [9.17, 15) is 14.9 Å². The van der Waals surface area contributed by atoms with Crippen LogP contribution in [0.25, 0.3) is 0 Å². The maximum Gasteiger partial charge on any atom is 0.278 e. The lowest BCUT2D eigenvalue weighted by Crippen LogP contribution is -2.48. The van der Waals surface area contributed by atoms with Crippen LogP contribution in [0.5, 0.6) is 0 Å². The summed E-state index contributed by atoms with van der Waals surface area (Å²) in [5, 5.41) is 11.9. The maximum atomic E-state index is 12.3. The highest BCUT2D eigenvalue weighted by Crippen LogP contribution is 2.29. The molecule has 0 aromatic heterocycles. The molecule has 2 aliphatic heterocycles. The number of nitro benzene ring substituents is 1. The van der Waals surface area contributed by atoms with Crippen molar-refractivity contribution in [1.29, 1.82) is 0 Å². The number of carbonyl (C=O) groups is 1. The van der Waals surface area contributed by atoms with Crippen molar-refractivity contribution >= 4 is 11.6 Å². The van der Waals surface area contributed by atoms with Crippen LogP contribution in [0.15, 0.2) is 36.4 Å². The molecule has 1 fully saturated rings. The van der Waals surface area contributed by atoms with Gasteiger partial charge in [0.05, 0.1) is 11.0 Å². The zero-order valence-electron chi connectivity index (χ0n) is 10.1. The van der Waals surface area contributed by atoms with Gasteiger partial charge in [-0.25, -0.2) is 5.06 Å². The monoisotopic (exact) mass is 260 g/mol. The maximum absolute atomic E-state index is 12.3. The second-order valence-electron chi connectivity index (χ2n) is 4.61. The fourth-order valence-corrected chi connectivity index (χ4v) is 2.34. The van der Waals surface area contributed by atoms with Gasteiger partial charge in [0.1, 0.15) is 6.10 Å². The quantitative estimate of drug-likeness (QED) is 0.463. The Morgan fingerprint density at radius 2 is 2.00 bits per heavy atom. The fourth-order valence-electron chi connectivity index (χ4n) is 2.34. The summed E-state index contributed by atoms with van der Waals surface area (Å²) in [4.78, 5) is 27.9. The summed E-state index contributed by atoms with van der Waals surface area (Å²) in [5.74, 6) is -0.256. The van der Waals surface area contributed by atoms with Gasteiger partial charge in [-0.1, -0.05) is 12.2 Å². The van der Waals surface area contributed by atoms with Gasteiger partial charge >= 0.3 is 0 Å². The molecule has 0 N–H and O–H groups in total. The lowest BCUT2D eigenvalue weighted by molar-refractivity contribution is -0.384. The SMILES string of the molecule is O=C(c1ccc([N+](=O)[O-])cc1)N1O[C@@H]2C=C[C@H]1CC2. The van der Waals surface area contributed by atoms with Gasteiger partial charge in [-0.2, -0.15) is 0 Å². The second-order valence-corrected chi connectivity index (χ2v) is 4.61. The summed E-state index contributed by atoms with van der Waals surface area (Å²) >= 11 is 0. The van der Waals surface area contributed by atoms with E-state index in [0.29, 0.717) is 5.56 Å². The molecule has 1 aromatic rings. The second kappa shape index (κ2) is 4.47. The Kier molecular flexibility index (Phi) is 2.79. The van der Waals surface area contributed by atoms with Crippen LogP contribution in [0, 0.1) is 10.1 Å². The van der Waals surface area contributed by atoms with E-state index in [1.165, 1.54) is 29.3 Å². The predicted octanol–water partition coefficient (Wildman–Crippen LogP) is 2.07. The van der Waals surface area contributed by atoms with E-state index in [2.05, 4.69) is 0 Å². The first kappa shape index (κ1) is 11.9. The minimum atomic E-state index is -0.490. The van der Waals surface area contributed by atoms with Gasteiger partial charge in [-0.05, 0) is 25.0 Å². The number of hydrogen-bond donors (Lipinski definition) is 0. The number of rotatable bonds is 2. The van der Waals surface area contributed by atoms with Gasteiger partial charge in [0.15, 0.2) is 0 Å². The van der Waals surface area contributed by atoms with E-state index in [-0.39, 0.29) is 23.7 Å². The first-order valence-corrected chi connectivity index (χ1v) is 6.08. The van der Waals surface area contributed by atoms with E-state index in [1.54, 1.807) is 0 Å². The molecule has 1 saturated heterocycles. The van der Waals surface area contributed by atoms with E-state index in [0.717, 1.165) is 12.8 Å². The number of hydroxylamine groups is 2. The third-order valence-corrected chi connectivity index (χ3v) is 3.37. The Balaban J connectivity index is 1.81. The molecule has 3 aliphatic rings. The zero-order chi connectivity index (χ0) is 13.4. The van der Waals surface area contributed by atoms with Gasteiger partial charge in [-0.15, -0.1) is 0 Å². The number of nitro groups is 1. The van der Waals surface area contributed by atoms with Gasteiger partial charge in [0, 0.05) is 17.7 Å². The molecule has 1 amide bonds. The molecule has 19 heavy (non-hydrogen) atoms. The predicted molar refractivity (Wildman–Crippen MR) is 66.3 cm³/mol. The molecular weight excluding hydrogens is 248 g/mol. The van der Waals surface area contributed by atoms with Crippen LogP contribution < -0.4 is 0 Å². The molecule has 1 aromatic carbocycles. The van der Waals surface area contributed by atoms with Crippen LogP contribution in [0.1, 0.15) is 23.2 Å². The lowest BCUT2D eigenvalue weighted by Gasteiger charge is -2.40. The molecule has 98 valence electrons. The molecule has 2 heterocycles. The summed E-state index contributed by atoms with van der Waals surface area (Å²) in [7, 11) is 0. The first-order chi connectivity index (χ1) is 9.15. The average molecular weight is 260 g/mol. The van der Waals surface area contributed by atoms with E-state index in [4.69, 9.17) is 4.84 Å². The molecule has 0 spiro atoms. The van der Waals surface area contributed by atoms with Crippen molar-refractivity contribution in [2.24, 2.45) is 0 Å². The minimum absolute atomic E-state index is 0.0301. The molecule has 2 atom stereocenters. The van der Waals surface area contributed by atoms with Crippen molar-refractivity contribution < 1.29 is 14.6 Å². The molecule has 0 radical (unpaired) electrons. The van der Waals surface area contributed by atoms with Gasteiger partial charge in [0.2, 0.25) is 0 Å². The highest BCUT2D eigenvalue weighted by atomic mass is 16.7. The standard InChI is InChI=1S/C13H12N2O4/c16-13(9-1-3-11(4-2-9)15(17)18)14-10-5-7-12(19-14)8-6-10/h1-5,7,10,12H,6,8H2/t10-,12+/m0/s1. The number of hydrogen-bond acceptors (Lipinski definition) is 4. The number of fused-ring (bicyclic) bond motifs is 2. The fraction of sp³-hybridized carbons (Fsp3) is 0.308. The molecule has 6 nitrogen and oxygen atoms in total. The smallest absolute Gasteiger partial charge is 0.267 e. The normalized spacial score (nSPS) is 24.5. The Morgan fingerprint density at radius 3 is 2.47 bits per heavy atom. The Hall–Kier alpha value is -2.21. The van der Waals surface area contributed by atoms with Crippen LogP contribution in [0.2, 0.25) is 0 Å². The Bertz CT molecular complexity index is 552. The van der Waals surface area contributed by atoms with Gasteiger partial charge in [-0.3, -0.25) is 19.7 Å². The highest BCUT2D eigenvalue weighted by molar-refractivity contribution is 5.94. The molecule has 2 bridgehead atoms. The van der Waals surface area contributed by atoms with Crippen molar-refractivity contribution in [1.82, 2.24) is 5.06 Å². The Labute approximate surface area is 109 Å². The summed E-state index contributed by atoms with van der Waals surface area (Å²) in [5.41, 5.74) is 0.365. The molecule has 1 aliphatic carbocycles. The third-order valence-electron chi connectivity index (χ3n) is 3.37. The largest absolute Gasteiger partial charge is 0.278 e. The van der Waals surface area contributed by atoms with E-state index >= 15 is 0 Å². The van der Waals surface area contributed by atoms with E-state index < -0.39 is 4.92 Å². The summed E-state index contributed by atoms with van der Waals surface area (Å²) in [6.45, 7) is 0. The van der Waals surface area contributed by atoms with Gasteiger partial charge in [0.25, 0.3) is 11.6 Å². The summed E-state index contributed by atoms with van der Waals surface area (Å²) < 4.78 is 0. The van der Waals surface area contributed by atoms with Crippen LogP contribution in [-0.2, 0) is 4.84 Å². The van der Waals surface area contributed by atoms with Crippen molar-refractivity contribution in [3.63, 3.8) is 0 Å². The number of carbonyl (C=O) groups excluding carboxylic acids is 1. The van der Waals surface area contributed by atoms with E-state index in [1.807, 2.05) is 12.2 Å². The molecule has 4 rings (SSSR count). The number of nitrogens with zero attached hydrogens (tertiary/aromatic N) is 2. The number of benzene rings is 1. The van der Waals surface area contributed by atoms with Crippen LogP contribution in [0.3, 0.4) is 0 Å². The summed E-state index contributed by atoms with van der Waals surface area (Å²) in [6, 6.07) is 5.52.